The zero-order chi connectivity index (χ0) is 10.8. The molecule has 15 heavy (non-hydrogen) atoms. The van der Waals surface area contributed by atoms with Gasteiger partial charge in [-0.2, -0.15) is 0 Å². The van der Waals surface area contributed by atoms with E-state index >= 15 is 0 Å². The lowest BCUT2D eigenvalue weighted by molar-refractivity contribution is 0.412. The van der Waals surface area contributed by atoms with Crippen molar-refractivity contribution in [3.8, 4) is 5.75 Å². The van der Waals surface area contributed by atoms with Crippen molar-refractivity contribution in [3.05, 3.63) is 23.3 Å². The third-order valence-electron chi connectivity index (χ3n) is 3.37. The summed E-state index contributed by atoms with van der Waals surface area (Å²) in [5, 5.41) is 3.50. The van der Waals surface area contributed by atoms with Crippen LogP contribution in [0.5, 0.6) is 5.75 Å². The predicted octanol–water partition coefficient (Wildman–Crippen LogP) is 3.00. The fourth-order valence-electron chi connectivity index (χ4n) is 2.25. The molecule has 1 atom stereocenters. The second kappa shape index (κ2) is 4.13. The number of hydrogen-bond acceptors (Lipinski definition) is 2. The summed E-state index contributed by atoms with van der Waals surface area (Å²) in [6.45, 7) is 5.51. The number of rotatable bonds is 2. The summed E-state index contributed by atoms with van der Waals surface area (Å²) in [4.78, 5) is 0. The van der Waals surface area contributed by atoms with E-state index in [4.69, 9.17) is 4.74 Å². The van der Waals surface area contributed by atoms with Crippen molar-refractivity contribution in [2.45, 2.75) is 26.7 Å². The van der Waals surface area contributed by atoms with Crippen LogP contribution in [0, 0.1) is 12.8 Å². The maximum absolute atomic E-state index is 5.37. The summed E-state index contributed by atoms with van der Waals surface area (Å²) in [5.41, 5.74) is 4.02. The number of benzene rings is 1. The van der Waals surface area contributed by atoms with E-state index in [2.05, 4.69) is 25.2 Å². The Morgan fingerprint density at radius 3 is 2.93 bits per heavy atom. The van der Waals surface area contributed by atoms with E-state index in [0.29, 0.717) is 0 Å². The molecule has 0 saturated heterocycles. The molecule has 0 bridgehead atoms. The Hall–Kier alpha value is -1.18. The molecular weight excluding hydrogens is 186 g/mol. The Balaban J connectivity index is 2.40. The summed E-state index contributed by atoms with van der Waals surface area (Å²) >= 11 is 0. The first-order valence-corrected chi connectivity index (χ1v) is 5.66. The van der Waals surface area contributed by atoms with Gasteiger partial charge in [-0.25, -0.2) is 0 Å². The third kappa shape index (κ3) is 1.81. The minimum atomic E-state index is 0.767. The molecule has 2 rings (SSSR count). The molecule has 0 aliphatic carbocycles. The van der Waals surface area contributed by atoms with Gasteiger partial charge in [-0.05, 0) is 36.5 Å². The number of methoxy groups -OCH3 is 1. The number of fused-ring (bicyclic) bond motifs is 1. The van der Waals surface area contributed by atoms with Gasteiger partial charge in [0.15, 0.2) is 0 Å². The zero-order valence-electron chi connectivity index (χ0n) is 9.76. The van der Waals surface area contributed by atoms with Crippen LogP contribution in [0.4, 0.5) is 5.69 Å². The molecule has 0 aromatic heterocycles. The first-order chi connectivity index (χ1) is 7.26. The van der Waals surface area contributed by atoms with Crippen LogP contribution in [-0.2, 0) is 6.42 Å². The van der Waals surface area contributed by atoms with Crippen molar-refractivity contribution < 1.29 is 4.74 Å². The Kier molecular flexibility index (Phi) is 2.85. The van der Waals surface area contributed by atoms with Crippen LogP contribution in [0.1, 0.15) is 24.5 Å². The number of hydrogen-bond donors (Lipinski definition) is 1. The Labute approximate surface area is 91.6 Å². The van der Waals surface area contributed by atoms with Gasteiger partial charge in [0, 0.05) is 6.54 Å². The van der Waals surface area contributed by atoms with Crippen LogP contribution in [0.3, 0.4) is 0 Å². The third-order valence-corrected chi connectivity index (χ3v) is 3.37. The molecule has 1 unspecified atom stereocenters. The van der Waals surface area contributed by atoms with Gasteiger partial charge in [0.2, 0.25) is 0 Å². The number of nitrogens with one attached hydrogen (secondary N) is 1. The quantitative estimate of drug-likeness (QED) is 0.801. The van der Waals surface area contributed by atoms with Crippen LogP contribution < -0.4 is 10.1 Å². The molecule has 1 heterocycles. The minimum Gasteiger partial charge on any atom is -0.495 e. The smallest absolute Gasteiger partial charge is 0.142 e. The van der Waals surface area contributed by atoms with Gasteiger partial charge in [-0.3, -0.25) is 0 Å². The van der Waals surface area contributed by atoms with Crippen molar-refractivity contribution in [3.63, 3.8) is 0 Å². The normalized spacial score (nSPS) is 19.3. The van der Waals surface area contributed by atoms with Crippen LogP contribution in [0.25, 0.3) is 0 Å². The van der Waals surface area contributed by atoms with Crippen LogP contribution in [0.15, 0.2) is 12.1 Å². The number of ether oxygens (including phenoxy) is 1. The van der Waals surface area contributed by atoms with Gasteiger partial charge in [-0.1, -0.05) is 19.4 Å². The lowest BCUT2D eigenvalue weighted by Gasteiger charge is -2.28. The lowest BCUT2D eigenvalue weighted by atomic mass is 9.89. The molecule has 2 heteroatoms. The fraction of sp³-hybridized carbons (Fsp3) is 0.538. The molecule has 0 saturated carbocycles. The molecule has 1 aromatic rings. The highest BCUT2D eigenvalue weighted by molar-refractivity contribution is 5.65. The molecule has 82 valence electrons. The van der Waals surface area contributed by atoms with Crippen molar-refractivity contribution in [2.75, 3.05) is 19.0 Å². The molecule has 1 N–H and O–H groups in total. The molecule has 1 aliphatic rings. The lowest BCUT2D eigenvalue weighted by Crippen LogP contribution is -2.23. The monoisotopic (exact) mass is 205 g/mol. The van der Waals surface area contributed by atoms with E-state index in [9.17, 15) is 0 Å². The molecular formula is C13H19NO. The summed E-state index contributed by atoms with van der Waals surface area (Å²) < 4.78 is 5.37. The Bertz CT molecular complexity index is 360. The first kappa shape index (κ1) is 10.3. The molecule has 1 aliphatic heterocycles. The number of anilines is 1. The van der Waals surface area contributed by atoms with Gasteiger partial charge >= 0.3 is 0 Å². The maximum atomic E-state index is 5.37. The summed E-state index contributed by atoms with van der Waals surface area (Å²) in [6, 6.07) is 4.20. The minimum absolute atomic E-state index is 0.767. The standard InChI is InChI=1S/C13H19NO/c1-4-10-7-11-9(2)5-6-12(15-3)13(11)14-8-10/h5-6,10,14H,4,7-8H2,1-3H3. The van der Waals surface area contributed by atoms with E-state index in [1.807, 2.05) is 6.07 Å². The van der Waals surface area contributed by atoms with Gasteiger partial charge in [0.05, 0.1) is 12.8 Å². The fourth-order valence-corrected chi connectivity index (χ4v) is 2.25. The molecule has 1 aromatic carbocycles. The van der Waals surface area contributed by atoms with Gasteiger partial charge in [0.25, 0.3) is 0 Å². The van der Waals surface area contributed by atoms with E-state index in [1.54, 1.807) is 7.11 Å². The molecule has 0 amide bonds. The van der Waals surface area contributed by atoms with Crippen LogP contribution in [-0.4, -0.2) is 13.7 Å². The van der Waals surface area contributed by atoms with Gasteiger partial charge in [0.1, 0.15) is 5.75 Å². The van der Waals surface area contributed by atoms with E-state index < -0.39 is 0 Å². The van der Waals surface area contributed by atoms with Gasteiger partial charge < -0.3 is 10.1 Å². The highest BCUT2D eigenvalue weighted by Crippen LogP contribution is 2.36. The molecule has 0 fully saturated rings. The van der Waals surface area contributed by atoms with E-state index in [-0.39, 0.29) is 0 Å². The topological polar surface area (TPSA) is 21.3 Å². The molecule has 0 spiro atoms. The summed E-state index contributed by atoms with van der Waals surface area (Å²) in [5.74, 6) is 1.74. The highest BCUT2D eigenvalue weighted by atomic mass is 16.5. The van der Waals surface area contributed by atoms with Crippen molar-refractivity contribution >= 4 is 5.69 Å². The number of aryl methyl sites for hydroxylation is 1. The van der Waals surface area contributed by atoms with Crippen molar-refractivity contribution in [2.24, 2.45) is 5.92 Å². The van der Waals surface area contributed by atoms with E-state index in [0.717, 1.165) is 18.2 Å². The summed E-state index contributed by atoms with van der Waals surface area (Å²) in [6.07, 6.45) is 2.42. The summed E-state index contributed by atoms with van der Waals surface area (Å²) in [7, 11) is 1.73. The molecule has 0 radical (unpaired) electrons. The zero-order valence-corrected chi connectivity index (χ0v) is 9.76. The SMILES string of the molecule is CCC1CNc2c(OC)ccc(C)c2C1. The van der Waals surface area contributed by atoms with E-state index in [1.165, 1.54) is 29.7 Å². The Morgan fingerprint density at radius 1 is 1.47 bits per heavy atom. The average Bonchev–Trinajstić information content (AvgIpc) is 2.29. The highest BCUT2D eigenvalue weighted by Gasteiger charge is 2.21. The van der Waals surface area contributed by atoms with Gasteiger partial charge in [-0.15, -0.1) is 0 Å². The largest absolute Gasteiger partial charge is 0.495 e. The van der Waals surface area contributed by atoms with Crippen molar-refractivity contribution in [1.82, 2.24) is 0 Å². The average molecular weight is 205 g/mol. The van der Waals surface area contributed by atoms with Crippen molar-refractivity contribution in [1.29, 1.82) is 0 Å². The second-order valence-corrected chi connectivity index (χ2v) is 4.30. The van der Waals surface area contributed by atoms with Crippen LogP contribution >= 0.6 is 0 Å². The second-order valence-electron chi connectivity index (χ2n) is 4.30. The predicted molar refractivity (Wildman–Crippen MR) is 63.7 cm³/mol. The maximum Gasteiger partial charge on any atom is 0.142 e. The first-order valence-electron chi connectivity index (χ1n) is 5.66. The molecule has 2 nitrogen and oxygen atoms in total. The Morgan fingerprint density at radius 2 is 2.27 bits per heavy atom. The van der Waals surface area contributed by atoms with Crippen LogP contribution in [0.2, 0.25) is 0 Å².